The third-order valence-electron chi connectivity index (χ3n) is 2.97. The van der Waals surface area contributed by atoms with E-state index in [2.05, 4.69) is 10.9 Å². The average Bonchev–Trinajstić information content (AvgIpc) is 2.57. The van der Waals surface area contributed by atoms with Crippen LogP contribution in [0.4, 0.5) is 5.69 Å². The van der Waals surface area contributed by atoms with E-state index in [1.54, 1.807) is 13.8 Å². The second kappa shape index (κ2) is 8.61. The number of hydrogen-bond donors (Lipinski definition) is 0. The molecule has 0 atom stereocenters. The van der Waals surface area contributed by atoms with Gasteiger partial charge in [0.05, 0.1) is 18.9 Å². The van der Waals surface area contributed by atoms with Gasteiger partial charge in [-0.2, -0.15) is 0 Å². The molecule has 0 amide bonds. The van der Waals surface area contributed by atoms with Crippen LogP contribution in [0.1, 0.15) is 19.4 Å². The van der Waals surface area contributed by atoms with Gasteiger partial charge in [-0.3, -0.25) is 4.57 Å². The Morgan fingerprint density at radius 2 is 1.48 bits per heavy atom. The molecule has 0 bridgehead atoms. The Morgan fingerprint density at radius 1 is 0.957 bits per heavy atom. The van der Waals surface area contributed by atoms with Gasteiger partial charge in [-0.25, -0.2) is 4.99 Å². The van der Waals surface area contributed by atoms with Gasteiger partial charge in [0.15, 0.2) is 0 Å². The molecule has 0 spiro atoms. The van der Waals surface area contributed by atoms with Crippen molar-refractivity contribution in [2.75, 3.05) is 13.2 Å². The quantitative estimate of drug-likeness (QED) is 0.512. The van der Waals surface area contributed by atoms with Crippen LogP contribution in [0.3, 0.4) is 0 Å². The number of benzene rings is 2. The summed E-state index contributed by atoms with van der Waals surface area (Å²) >= 11 is 0. The lowest BCUT2D eigenvalue weighted by Gasteiger charge is -2.18. The van der Waals surface area contributed by atoms with Crippen molar-refractivity contribution >= 4 is 24.5 Å². The largest absolute Gasteiger partial charge is 0.371 e. The summed E-state index contributed by atoms with van der Waals surface area (Å²) in [7, 11) is -3.48. The molecular formula is C18H20NO3P. The second-order valence-corrected chi connectivity index (χ2v) is 6.57. The van der Waals surface area contributed by atoms with Gasteiger partial charge in [0.25, 0.3) is 0 Å². The zero-order valence-electron chi connectivity index (χ0n) is 13.3. The molecule has 5 heteroatoms. The molecule has 0 unspecified atom stereocenters. The fourth-order valence-electron chi connectivity index (χ4n) is 2.01. The van der Waals surface area contributed by atoms with E-state index in [1.807, 2.05) is 60.7 Å². The van der Waals surface area contributed by atoms with Crippen LogP contribution in [0.2, 0.25) is 0 Å². The summed E-state index contributed by atoms with van der Waals surface area (Å²) in [4.78, 5) is 4.29. The molecule has 23 heavy (non-hydrogen) atoms. The van der Waals surface area contributed by atoms with Gasteiger partial charge in [-0.15, -0.1) is 0 Å². The minimum atomic E-state index is -3.48. The molecule has 0 saturated heterocycles. The number of hydrogen-bond acceptors (Lipinski definition) is 4. The van der Waals surface area contributed by atoms with E-state index >= 15 is 0 Å². The predicted octanol–water partition coefficient (Wildman–Crippen LogP) is 5.30. The maximum atomic E-state index is 13.1. The molecule has 4 nitrogen and oxygen atoms in total. The Bertz CT molecular complexity index is 712. The molecule has 2 aromatic carbocycles. The van der Waals surface area contributed by atoms with Crippen LogP contribution in [0, 0.1) is 0 Å². The van der Waals surface area contributed by atoms with E-state index in [1.165, 1.54) is 0 Å². The Kier molecular flexibility index (Phi) is 6.52. The number of aliphatic imine (C=N–C) groups is 1. The van der Waals surface area contributed by atoms with Crippen molar-refractivity contribution in [2.45, 2.75) is 13.8 Å². The number of rotatable bonds is 7. The molecule has 0 fully saturated rings. The highest BCUT2D eigenvalue weighted by Gasteiger charge is 2.31. The monoisotopic (exact) mass is 329 g/mol. The van der Waals surface area contributed by atoms with E-state index < -0.39 is 7.60 Å². The maximum Gasteiger partial charge on any atom is 0.371 e. The van der Waals surface area contributed by atoms with Gasteiger partial charge in [-0.05, 0) is 31.5 Å². The van der Waals surface area contributed by atoms with Crippen molar-refractivity contribution in [3.05, 3.63) is 66.2 Å². The summed E-state index contributed by atoms with van der Waals surface area (Å²) in [5.74, 6) is 2.89. The molecule has 0 saturated carbocycles. The third kappa shape index (κ3) is 4.75. The smallest absolute Gasteiger partial charge is 0.305 e. The van der Waals surface area contributed by atoms with Crippen molar-refractivity contribution in [2.24, 2.45) is 4.99 Å². The highest BCUT2D eigenvalue weighted by molar-refractivity contribution is 7.65. The topological polar surface area (TPSA) is 47.9 Å². The SMILES string of the molecule is CCOP(=O)(OCC)C(=C=Nc1ccccc1)c1ccccc1. The van der Waals surface area contributed by atoms with Crippen LogP contribution in [0.15, 0.2) is 65.7 Å². The highest BCUT2D eigenvalue weighted by atomic mass is 31.2. The second-order valence-electron chi connectivity index (χ2n) is 4.61. The van der Waals surface area contributed by atoms with Gasteiger partial charge >= 0.3 is 7.60 Å². The van der Waals surface area contributed by atoms with Crippen LogP contribution in [0.25, 0.3) is 5.31 Å². The van der Waals surface area contributed by atoms with Crippen molar-refractivity contribution in [1.29, 1.82) is 0 Å². The molecular weight excluding hydrogens is 309 g/mol. The zero-order valence-corrected chi connectivity index (χ0v) is 14.2. The Morgan fingerprint density at radius 3 is 2.00 bits per heavy atom. The first-order valence-electron chi connectivity index (χ1n) is 7.53. The van der Waals surface area contributed by atoms with Crippen LogP contribution in [0.5, 0.6) is 0 Å². The van der Waals surface area contributed by atoms with Crippen molar-refractivity contribution in [3.8, 4) is 0 Å². The van der Waals surface area contributed by atoms with E-state index in [9.17, 15) is 4.57 Å². The third-order valence-corrected chi connectivity index (χ3v) is 5.07. The summed E-state index contributed by atoms with van der Waals surface area (Å²) in [6.07, 6.45) is 0. The molecule has 120 valence electrons. The first kappa shape index (κ1) is 17.4. The Hall–Kier alpha value is -1.96. The Labute approximate surface area is 137 Å². The number of nitrogens with zero attached hydrogens (tertiary/aromatic N) is 1. The maximum absolute atomic E-state index is 13.1. The standard InChI is InChI=1S/C18H20NO3P/c1-3-21-23(20,22-4-2)18(16-11-7-5-8-12-16)15-19-17-13-9-6-10-14-17/h5-14H,3-4H2,1-2H3. The van der Waals surface area contributed by atoms with Crippen LogP contribution in [-0.4, -0.2) is 19.1 Å². The molecule has 0 aliphatic carbocycles. The normalized spacial score (nSPS) is 10.9. The summed E-state index contributed by atoms with van der Waals surface area (Å²) in [5.41, 5.74) is 1.44. The fourth-order valence-corrected chi connectivity index (χ4v) is 3.66. The van der Waals surface area contributed by atoms with Crippen LogP contribution >= 0.6 is 7.60 Å². The predicted molar refractivity (Wildman–Crippen MR) is 94.2 cm³/mol. The highest BCUT2D eigenvalue weighted by Crippen LogP contribution is 2.59. The molecule has 0 aromatic heterocycles. The lowest BCUT2D eigenvalue weighted by atomic mass is 10.2. The Balaban J connectivity index is 2.56. The first-order valence-corrected chi connectivity index (χ1v) is 9.07. The summed E-state index contributed by atoms with van der Waals surface area (Å²) < 4.78 is 24.0. The number of para-hydroxylation sites is 1. The minimum absolute atomic E-state index is 0.278. The molecule has 0 aliphatic heterocycles. The molecule has 0 aliphatic rings. The van der Waals surface area contributed by atoms with E-state index in [4.69, 9.17) is 9.05 Å². The van der Waals surface area contributed by atoms with Crippen molar-refractivity contribution in [3.63, 3.8) is 0 Å². The van der Waals surface area contributed by atoms with Gasteiger partial charge in [-0.1, -0.05) is 48.5 Å². The lowest BCUT2D eigenvalue weighted by molar-refractivity contribution is 0.231. The molecule has 2 aromatic rings. The van der Waals surface area contributed by atoms with Gasteiger partial charge < -0.3 is 9.05 Å². The van der Waals surface area contributed by atoms with Crippen LogP contribution < -0.4 is 0 Å². The molecule has 2 rings (SSSR count). The van der Waals surface area contributed by atoms with Gasteiger partial charge in [0.2, 0.25) is 0 Å². The summed E-state index contributed by atoms with van der Waals surface area (Å²) in [6.45, 7) is 4.12. The first-order chi connectivity index (χ1) is 11.2. The minimum Gasteiger partial charge on any atom is -0.305 e. The van der Waals surface area contributed by atoms with Crippen molar-refractivity contribution in [1.82, 2.24) is 0 Å². The lowest BCUT2D eigenvalue weighted by Crippen LogP contribution is -1.99. The molecule has 0 radical (unpaired) electrons. The van der Waals surface area contributed by atoms with E-state index in [0.29, 0.717) is 5.31 Å². The van der Waals surface area contributed by atoms with Crippen LogP contribution in [-0.2, 0) is 13.6 Å². The fraction of sp³-hybridized carbons (Fsp3) is 0.222. The van der Waals surface area contributed by atoms with Crippen molar-refractivity contribution < 1.29 is 13.6 Å². The summed E-state index contributed by atoms with van der Waals surface area (Å²) in [5, 5.41) is 0.339. The van der Waals surface area contributed by atoms with Gasteiger partial charge in [0.1, 0.15) is 5.31 Å². The molecule has 0 heterocycles. The zero-order chi connectivity index (χ0) is 16.5. The van der Waals surface area contributed by atoms with E-state index in [0.717, 1.165) is 11.3 Å². The molecule has 0 N–H and O–H groups in total. The van der Waals surface area contributed by atoms with Gasteiger partial charge in [0, 0.05) is 5.87 Å². The summed E-state index contributed by atoms with van der Waals surface area (Å²) in [6, 6.07) is 18.7. The van der Waals surface area contributed by atoms with E-state index in [-0.39, 0.29) is 13.2 Å². The average molecular weight is 329 g/mol.